The first-order valence-electron chi connectivity index (χ1n) is 6.39. The van der Waals surface area contributed by atoms with E-state index in [1.165, 1.54) is 16.7 Å². The molecular weight excluding hydrogens is 210 g/mol. The van der Waals surface area contributed by atoms with Crippen molar-refractivity contribution in [2.24, 2.45) is 5.92 Å². The van der Waals surface area contributed by atoms with E-state index < -0.39 is 0 Å². The summed E-state index contributed by atoms with van der Waals surface area (Å²) in [5.41, 5.74) is 3.79. The van der Waals surface area contributed by atoms with E-state index in [9.17, 15) is 0 Å². The molecule has 17 heavy (non-hydrogen) atoms. The molecule has 2 nitrogen and oxygen atoms in total. The van der Waals surface area contributed by atoms with Crippen LogP contribution in [0.4, 0.5) is 0 Å². The summed E-state index contributed by atoms with van der Waals surface area (Å²) >= 11 is 0. The van der Waals surface area contributed by atoms with Gasteiger partial charge in [0.25, 0.3) is 0 Å². The Hall–Kier alpha value is -1.02. The molecule has 0 heterocycles. The van der Waals surface area contributed by atoms with Crippen molar-refractivity contribution in [2.75, 3.05) is 13.7 Å². The summed E-state index contributed by atoms with van der Waals surface area (Å²) in [6.07, 6.45) is 0. The first-order chi connectivity index (χ1) is 8.01. The van der Waals surface area contributed by atoms with Gasteiger partial charge in [-0.05, 0) is 43.0 Å². The largest absolute Gasteiger partial charge is 0.496 e. The van der Waals surface area contributed by atoms with E-state index in [0.717, 1.165) is 12.3 Å². The van der Waals surface area contributed by atoms with Crippen LogP contribution in [0, 0.1) is 19.8 Å². The Morgan fingerprint density at radius 3 is 2.06 bits per heavy atom. The van der Waals surface area contributed by atoms with Crippen molar-refractivity contribution in [1.82, 2.24) is 5.32 Å². The zero-order valence-electron chi connectivity index (χ0n) is 11.9. The van der Waals surface area contributed by atoms with Gasteiger partial charge in [-0.25, -0.2) is 0 Å². The SMILES string of the molecule is CCNC(c1cc(C)c(OC)c(C)c1)C(C)C. The lowest BCUT2D eigenvalue weighted by Gasteiger charge is -2.24. The van der Waals surface area contributed by atoms with Gasteiger partial charge in [0.05, 0.1) is 7.11 Å². The van der Waals surface area contributed by atoms with E-state index in [0.29, 0.717) is 12.0 Å². The molecule has 1 aromatic rings. The highest BCUT2D eigenvalue weighted by molar-refractivity contribution is 5.44. The first kappa shape index (κ1) is 14.0. The van der Waals surface area contributed by atoms with Gasteiger partial charge in [0, 0.05) is 6.04 Å². The average Bonchev–Trinajstić information content (AvgIpc) is 2.24. The van der Waals surface area contributed by atoms with Crippen molar-refractivity contribution in [2.45, 2.75) is 40.7 Å². The van der Waals surface area contributed by atoms with Gasteiger partial charge in [-0.2, -0.15) is 0 Å². The fraction of sp³-hybridized carbons (Fsp3) is 0.600. The van der Waals surface area contributed by atoms with Crippen molar-refractivity contribution in [3.05, 3.63) is 28.8 Å². The minimum atomic E-state index is 0.420. The van der Waals surface area contributed by atoms with Crippen LogP contribution < -0.4 is 10.1 Å². The average molecular weight is 235 g/mol. The van der Waals surface area contributed by atoms with Gasteiger partial charge in [0.1, 0.15) is 5.75 Å². The van der Waals surface area contributed by atoms with Crippen LogP contribution in [0.25, 0.3) is 0 Å². The molecule has 0 aliphatic heterocycles. The zero-order valence-corrected chi connectivity index (χ0v) is 11.9. The van der Waals surface area contributed by atoms with Gasteiger partial charge in [-0.1, -0.05) is 32.9 Å². The second-order valence-corrected chi connectivity index (χ2v) is 4.97. The molecule has 0 aliphatic rings. The molecule has 1 unspecified atom stereocenters. The maximum Gasteiger partial charge on any atom is 0.124 e. The fourth-order valence-corrected chi connectivity index (χ4v) is 2.44. The van der Waals surface area contributed by atoms with Crippen LogP contribution in [0.15, 0.2) is 12.1 Å². The Balaban J connectivity index is 3.13. The quantitative estimate of drug-likeness (QED) is 0.841. The highest BCUT2D eigenvalue weighted by atomic mass is 16.5. The molecule has 0 aromatic heterocycles. The second-order valence-electron chi connectivity index (χ2n) is 4.97. The Kier molecular flexibility index (Phi) is 5.01. The fourth-order valence-electron chi connectivity index (χ4n) is 2.44. The molecule has 1 rings (SSSR count). The standard InChI is InChI=1S/C15H25NO/c1-7-16-14(10(2)3)13-8-11(4)15(17-6)12(5)9-13/h8-10,14,16H,7H2,1-6H3. The summed E-state index contributed by atoms with van der Waals surface area (Å²) in [5.74, 6) is 1.59. The summed E-state index contributed by atoms with van der Waals surface area (Å²) in [6, 6.07) is 4.89. The number of nitrogens with one attached hydrogen (secondary N) is 1. The second kappa shape index (κ2) is 6.06. The molecule has 2 heteroatoms. The summed E-state index contributed by atoms with van der Waals surface area (Å²) in [4.78, 5) is 0. The van der Waals surface area contributed by atoms with E-state index in [4.69, 9.17) is 4.74 Å². The minimum absolute atomic E-state index is 0.420. The molecule has 1 atom stereocenters. The van der Waals surface area contributed by atoms with Gasteiger partial charge in [0.2, 0.25) is 0 Å². The minimum Gasteiger partial charge on any atom is -0.496 e. The maximum atomic E-state index is 5.41. The van der Waals surface area contributed by atoms with Gasteiger partial charge in [-0.3, -0.25) is 0 Å². The molecule has 0 aliphatic carbocycles. The van der Waals surface area contributed by atoms with Crippen LogP contribution in [-0.4, -0.2) is 13.7 Å². The lowest BCUT2D eigenvalue weighted by atomic mass is 9.93. The van der Waals surface area contributed by atoms with Crippen molar-refractivity contribution in [1.29, 1.82) is 0 Å². The van der Waals surface area contributed by atoms with E-state index in [-0.39, 0.29) is 0 Å². The van der Waals surface area contributed by atoms with Crippen molar-refractivity contribution in [3.8, 4) is 5.75 Å². The lowest BCUT2D eigenvalue weighted by Crippen LogP contribution is -2.25. The summed E-state index contributed by atoms with van der Waals surface area (Å²) < 4.78 is 5.41. The zero-order chi connectivity index (χ0) is 13.0. The van der Waals surface area contributed by atoms with E-state index in [2.05, 4.69) is 52.1 Å². The molecule has 0 fully saturated rings. The summed E-state index contributed by atoms with van der Waals surface area (Å²) in [7, 11) is 1.74. The predicted octanol–water partition coefficient (Wildman–Crippen LogP) is 3.62. The van der Waals surface area contributed by atoms with E-state index >= 15 is 0 Å². The molecule has 0 saturated heterocycles. The lowest BCUT2D eigenvalue weighted by molar-refractivity contribution is 0.403. The normalized spacial score (nSPS) is 12.9. The van der Waals surface area contributed by atoms with Crippen LogP contribution in [0.1, 0.15) is 43.5 Å². The molecule has 0 amide bonds. The molecule has 0 radical (unpaired) electrons. The number of methoxy groups -OCH3 is 1. The number of aryl methyl sites for hydroxylation is 2. The molecule has 1 N–H and O–H groups in total. The Morgan fingerprint density at radius 1 is 1.18 bits per heavy atom. The van der Waals surface area contributed by atoms with Crippen LogP contribution in [0.5, 0.6) is 5.75 Å². The number of hydrogen-bond acceptors (Lipinski definition) is 2. The first-order valence-corrected chi connectivity index (χ1v) is 6.39. The molecule has 96 valence electrons. The highest BCUT2D eigenvalue weighted by Crippen LogP contribution is 2.29. The molecule has 1 aromatic carbocycles. The smallest absolute Gasteiger partial charge is 0.124 e. The maximum absolute atomic E-state index is 5.41. The van der Waals surface area contributed by atoms with Crippen molar-refractivity contribution < 1.29 is 4.74 Å². The molecule has 0 bridgehead atoms. The van der Waals surface area contributed by atoms with Crippen LogP contribution in [-0.2, 0) is 0 Å². The van der Waals surface area contributed by atoms with Crippen molar-refractivity contribution >= 4 is 0 Å². The number of benzene rings is 1. The van der Waals surface area contributed by atoms with Crippen LogP contribution >= 0.6 is 0 Å². The molecular formula is C15H25NO. The molecule has 0 spiro atoms. The Morgan fingerprint density at radius 2 is 1.71 bits per heavy atom. The van der Waals surface area contributed by atoms with Gasteiger partial charge < -0.3 is 10.1 Å². The Labute approximate surface area is 105 Å². The van der Waals surface area contributed by atoms with Crippen LogP contribution in [0.3, 0.4) is 0 Å². The number of hydrogen-bond donors (Lipinski definition) is 1. The van der Waals surface area contributed by atoms with Crippen molar-refractivity contribution in [3.63, 3.8) is 0 Å². The topological polar surface area (TPSA) is 21.3 Å². The van der Waals surface area contributed by atoms with Gasteiger partial charge in [0.15, 0.2) is 0 Å². The third kappa shape index (κ3) is 3.22. The number of ether oxygens (including phenoxy) is 1. The van der Waals surface area contributed by atoms with E-state index in [1.807, 2.05) is 0 Å². The third-order valence-electron chi connectivity index (χ3n) is 3.14. The van der Waals surface area contributed by atoms with E-state index in [1.54, 1.807) is 7.11 Å². The monoisotopic (exact) mass is 235 g/mol. The van der Waals surface area contributed by atoms with Crippen LogP contribution in [0.2, 0.25) is 0 Å². The van der Waals surface area contributed by atoms with Gasteiger partial charge in [-0.15, -0.1) is 0 Å². The number of rotatable bonds is 5. The summed E-state index contributed by atoms with van der Waals surface area (Å²) in [6.45, 7) is 11.9. The third-order valence-corrected chi connectivity index (χ3v) is 3.14. The molecule has 0 saturated carbocycles. The predicted molar refractivity (Wildman–Crippen MR) is 73.7 cm³/mol. The summed E-state index contributed by atoms with van der Waals surface area (Å²) in [5, 5.41) is 3.55. The van der Waals surface area contributed by atoms with Gasteiger partial charge >= 0.3 is 0 Å². The Bertz CT molecular complexity index is 348. The highest BCUT2D eigenvalue weighted by Gasteiger charge is 2.16.